The molecule has 0 saturated heterocycles. The minimum absolute atomic E-state index is 0.286. The number of fused-ring (bicyclic) bond motifs is 1. The first-order valence-electron chi connectivity index (χ1n) is 7.75. The van der Waals surface area contributed by atoms with Gasteiger partial charge in [0.05, 0.1) is 5.56 Å². The highest BCUT2D eigenvalue weighted by Crippen LogP contribution is 2.19. The van der Waals surface area contributed by atoms with Gasteiger partial charge in [-0.1, -0.05) is 36.4 Å². The van der Waals surface area contributed by atoms with Crippen LogP contribution < -0.4 is 10.6 Å². The van der Waals surface area contributed by atoms with Gasteiger partial charge in [0.25, 0.3) is 5.91 Å². The maximum absolute atomic E-state index is 12.2. The highest BCUT2D eigenvalue weighted by atomic mass is 16.5. The predicted octanol–water partition coefficient (Wildman–Crippen LogP) is 1.64. The van der Waals surface area contributed by atoms with Gasteiger partial charge in [-0.2, -0.15) is 0 Å². The third kappa shape index (κ3) is 4.32. The van der Waals surface area contributed by atoms with Crippen LogP contribution in [0.15, 0.2) is 42.5 Å². The van der Waals surface area contributed by atoms with Crippen LogP contribution in [-0.2, 0) is 14.3 Å². The lowest BCUT2D eigenvalue weighted by Gasteiger charge is -2.13. The summed E-state index contributed by atoms with van der Waals surface area (Å²) in [6.45, 7) is 3.40. The van der Waals surface area contributed by atoms with Crippen molar-refractivity contribution in [1.29, 1.82) is 0 Å². The van der Waals surface area contributed by atoms with Crippen LogP contribution in [-0.4, -0.2) is 37.0 Å². The van der Waals surface area contributed by atoms with Gasteiger partial charge in [0.2, 0.25) is 5.91 Å². The third-order valence-electron chi connectivity index (χ3n) is 3.47. The van der Waals surface area contributed by atoms with Gasteiger partial charge in [-0.25, -0.2) is 4.79 Å². The monoisotopic (exact) mass is 328 g/mol. The van der Waals surface area contributed by atoms with E-state index in [1.807, 2.05) is 30.3 Å². The van der Waals surface area contributed by atoms with Crippen LogP contribution in [0.4, 0.5) is 0 Å². The number of carbonyl (C=O) groups is 3. The fraction of sp³-hybridized carbons (Fsp3) is 0.278. The van der Waals surface area contributed by atoms with E-state index in [4.69, 9.17) is 4.74 Å². The molecule has 0 unspecified atom stereocenters. The molecule has 2 N–H and O–H groups in total. The number of hydrogen-bond acceptors (Lipinski definition) is 4. The highest BCUT2D eigenvalue weighted by Gasteiger charge is 2.17. The quantitative estimate of drug-likeness (QED) is 0.790. The summed E-state index contributed by atoms with van der Waals surface area (Å²) < 4.78 is 5.06. The van der Waals surface area contributed by atoms with Crippen LogP contribution >= 0.6 is 0 Å². The zero-order chi connectivity index (χ0) is 17.5. The molecule has 0 bridgehead atoms. The lowest BCUT2D eigenvalue weighted by atomic mass is 10.1. The zero-order valence-corrected chi connectivity index (χ0v) is 13.7. The minimum Gasteiger partial charge on any atom is -0.452 e. The average Bonchev–Trinajstić information content (AvgIpc) is 2.59. The number of hydrogen-bond donors (Lipinski definition) is 2. The van der Waals surface area contributed by atoms with Crippen LogP contribution in [0.1, 0.15) is 24.2 Å². The third-order valence-corrected chi connectivity index (χ3v) is 3.47. The summed E-state index contributed by atoms with van der Waals surface area (Å²) in [6, 6.07) is 12.1. The Bertz CT molecular complexity index is 752. The SMILES string of the molecule is CCNC(=O)[C@H](C)NC(=O)COC(=O)c1cccc2ccccc12. The number of esters is 1. The van der Waals surface area contributed by atoms with E-state index in [1.165, 1.54) is 0 Å². The Morgan fingerprint density at radius 3 is 2.54 bits per heavy atom. The van der Waals surface area contributed by atoms with Crippen molar-refractivity contribution in [3.8, 4) is 0 Å². The van der Waals surface area contributed by atoms with Gasteiger partial charge in [0.1, 0.15) is 6.04 Å². The molecule has 1 atom stereocenters. The summed E-state index contributed by atoms with van der Waals surface area (Å²) in [5.74, 6) is -1.39. The Labute approximate surface area is 140 Å². The van der Waals surface area contributed by atoms with Crippen molar-refractivity contribution in [2.24, 2.45) is 0 Å². The molecule has 0 spiro atoms. The van der Waals surface area contributed by atoms with Crippen LogP contribution in [0.3, 0.4) is 0 Å². The molecule has 0 aromatic heterocycles. The standard InChI is InChI=1S/C18H20N2O4/c1-3-19-17(22)12(2)20-16(21)11-24-18(23)15-10-6-8-13-7-4-5-9-14(13)15/h4-10,12H,3,11H2,1-2H3,(H,19,22)(H,20,21)/t12-/m0/s1. The lowest BCUT2D eigenvalue weighted by molar-refractivity contribution is -0.130. The van der Waals surface area contributed by atoms with Crippen LogP contribution in [0, 0.1) is 0 Å². The maximum Gasteiger partial charge on any atom is 0.339 e. The van der Waals surface area contributed by atoms with Crippen LogP contribution in [0.5, 0.6) is 0 Å². The van der Waals surface area contributed by atoms with Crippen molar-refractivity contribution in [3.63, 3.8) is 0 Å². The molecule has 2 amide bonds. The van der Waals surface area contributed by atoms with E-state index in [0.29, 0.717) is 12.1 Å². The summed E-state index contributed by atoms with van der Waals surface area (Å²) in [4.78, 5) is 35.5. The second-order valence-electron chi connectivity index (χ2n) is 5.29. The number of carbonyl (C=O) groups excluding carboxylic acids is 3. The molecular formula is C18H20N2O4. The van der Waals surface area contributed by atoms with Crippen molar-refractivity contribution < 1.29 is 19.1 Å². The zero-order valence-electron chi connectivity index (χ0n) is 13.7. The van der Waals surface area contributed by atoms with E-state index in [-0.39, 0.29) is 5.91 Å². The van der Waals surface area contributed by atoms with Gasteiger partial charge < -0.3 is 15.4 Å². The molecule has 2 rings (SSSR count). The van der Waals surface area contributed by atoms with Crippen LogP contribution in [0.2, 0.25) is 0 Å². The second-order valence-corrected chi connectivity index (χ2v) is 5.29. The summed E-state index contributed by atoms with van der Waals surface area (Å²) in [5, 5.41) is 6.76. The molecule has 0 aliphatic heterocycles. The Hall–Kier alpha value is -2.89. The molecule has 126 valence electrons. The number of benzene rings is 2. The van der Waals surface area contributed by atoms with Gasteiger partial charge in [-0.15, -0.1) is 0 Å². The molecule has 6 heteroatoms. The Kier molecular flexibility index (Phi) is 5.89. The van der Waals surface area contributed by atoms with Gasteiger partial charge in [-0.05, 0) is 30.7 Å². The van der Waals surface area contributed by atoms with Crippen molar-refractivity contribution >= 4 is 28.6 Å². The normalized spacial score (nSPS) is 11.6. The first-order chi connectivity index (χ1) is 11.5. The molecule has 0 aliphatic carbocycles. The number of amides is 2. The first kappa shape index (κ1) is 17.5. The number of nitrogens with one attached hydrogen (secondary N) is 2. The summed E-state index contributed by atoms with van der Waals surface area (Å²) >= 11 is 0. The van der Waals surface area contributed by atoms with E-state index in [1.54, 1.807) is 26.0 Å². The topological polar surface area (TPSA) is 84.5 Å². The van der Waals surface area contributed by atoms with Crippen molar-refractivity contribution in [3.05, 3.63) is 48.0 Å². The smallest absolute Gasteiger partial charge is 0.339 e. The van der Waals surface area contributed by atoms with Gasteiger partial charge >= 0.3 is 5.97 Å². The van der Waals surface area contributed by atoms with E-state index in [9.17, 15) is 14.4 Å². The van der Waals surface area contributed by atoms with Gasteiger partial charge in [0, 0.05) is 6.54 Å². The van der Waals surface area contributed by atoms with Gasteiger partial charge in [-0.3, -0.25) is 9.59 Å². The minimum atomic E-state index is -0.686. The lowest BCUT2D eigenvalue weighted by Crippen LogP contribution is -2.46. The number of rotatable bonds is 6. The van der Waals surface area contributed by atoms with Crippen molar-refractivity contribution in [2.45, 2.75) is 19.9 Å². The molecule has 0 aliphatic rings. The molecule has 24 heavy (non-hydrogen) atoms. The van der Waals surface area contributed by atoms with E-state index in [2.05, 4.69) is 10.6 Å². The van der Waals surface area contributed by atoms with Gasteiger partial charge in [0.15, 0.2) is 6.61 Å². The summed E-state index contributed by atoms with van der Waals surface area (Å²) in [6.07, 6.45) is 0. The Morgan fingerprint density at radius 2 is 1.79 bits per heavy atom. The van der Waals surface area contributed by atoms with Crippen LogP contribution in [0.25, 0.3) is 10.8 Å². The molecular weight excluding hydrogens is 308 g/mol. The maximum atomic E-state index is 12.2. The second kappa shape index (κ2) is 8.10. The molecule has 6 nitrogen and oxygen atoms in total. The van der Waals surface area contributed by atoms with E-state index in [0.717, 1.165) is 10.8 Å². The number of ether oxygens (including phenoxy) is 1. The predicted molar refractivity (Wildman–Crippen MR) is 90.5 cm³/mol. The summed E-state index contributed by atoms with van der Waals surface area (Å²) in [5.41, 5.74) is 0.401. The van der Waals surface area contributed by atoms with E-state index < -0.39 is 24.5 Å². The molecule has 0 heterocycles. The molecule has 0 fully saturated rings. The molecule has 0 saturated carbocycles. The first-order valence-corrected chi connectivity index (χ1v) is 7.75. The largest absolute Gasteiger partial charge is 0.452 e. The molecule has 0 radical (unpaired) electrons. The number of likely N-dealkylation sites (N-methyl/N-ethyl adjacent to an activating group) is 1. The fourth-order valence-electron chi connectivity index (χ4n) is 2.29. The van der Waals surface area contributed by atoms with Crippen molar-refractivity contribution in [2.75, 3.05) is 13.2 Å². The Balaban J connectivity index is 1.95. The highest BCUT2D eigenvalue weighted by molar-refractivity contribution is 6.05. The Morgan fingerprint density at radius 1 is 1.08 bits per heavy atom. The average molecular weight is 328 g/mol. The molecule has 2 aromatic rings. The van der Waals surface area contributed by atoms with Crippen molar-refractivity contribution in [1.82, 2.24) is 10.6 Å². The molecule has 2 aromatic carbocycles. The summed E-state index contributed by atoms with van der Waals surface area (Å²) in [7, 11) is 0. The van der Waals surface area contributed by atoms with E-state index >= 15 is 0 Å². The fourth-order valence-corrected chi connectivity index (χ4v) is 2.29.